The molecule has 1 heterocycles. The molecule has 1 fully saturated rings. The van der Waals surface area contributed by atoms with E-state index in [1.54, 1.807) is 6.92 Å². The summed E-state index contributed by atoms with van der Waals surface area (Å²) in [6.07, 6.45) is 0.513. The molecule has 1 aliphatic heterocycles. The maximum atomic E-state index is 13.0. The molecule has 0 unspecified atom stereocenters. The van der Waals surface area contributed by atoms with Crippen LogP contribution in [0.2, 0.25) is 0 Å². The van der Waals surface area contributed by atoms with E-state index in [0.717, 1.165) is 17.5 Å². The fourth-order valence-corrected chi connectivity index (χ4v) is 3.46. The SMILES string of the molecule is C[C@H](C(=O)N1C(=S)OC[C@@H]1c1ccccc1)[C@H](O)CCc1ccccc1. The molecule has 0 spiro atoms. The number of aryl methyl sites for hydroxylation is 1. The van der Waals surface area contributed by atoms with Crippen molar-refractivity contribution in [3.05, 3.63) is 71.8 Å². The Balaban J connectivity index is 1.67. The molecule has 2 aromatic carbocycles. The first kappa shape index (κ1) is 18.5. The third-order valence-electron chi connectivity index (χ3n) is 4.83. The molecule has 4 nitrogen and oxygen atoms in total. The number of aliphatic hydroxyl groups excluding tert-OH is 1. The Kier molecular flexibility index (Phi) is 6.01. The molecule has 5 heteroatoms. The smallest absolute Gasteiger partial charge is 0.266 e. The molecular weight excluding hydrogens is 346 g/mol. The number of thiocarbonyl (C=S) groups is 1. The lowest BCUT2D eigenvalue weighted by molar-refractivity contribution is -0.135. The number of amides is 1. The van der Waals surface area contributed by atoms with E-state index < -0.39 is 12.0 Å². The predicted molar refractivity (Wildman–Crippen MR) is 105 cm³/mol. The van der Waals surface area contributed by atoms with Gasteiger partial charge in [0.15, 0.2) is 0 Å². The summed E-state index contributed by atoms with van der Waals surface area (Å²) >= 11 is 5.24. The van der Waals surface area contributed by atoms with Gasteiger partial charge < -0.3 is 9.84 Å². The fourth-order valence-electron chi connectivity index (χ4n) is 3.18. The first-order valence-electron chi connectivity index (χ1n) is 8.84. The summed E-state index contributed by atoms with van der Waals surface area (Å²) in [7, 11) is 0. The molecule has 0 aromatic heterocycles. The van der Waals surface area contributed by atoms with Crippen LogP contribution in [0.15, 0.2) is 60.7 Å². The number of nitrogens with zero attached hydrogens (tertiary/aromatic N) is 1. The minimum atomic E-state index is -0.734. The zero-order valence-corrected chi connectivity index (χ0v) is 15.6. The van der Waals surface area contributed by atoms with Gasteiger partial charge in [-0.3, -0.25) is 9.69 Å². The van der Waals surface area contributed by atoms with Crippen LogP contribution in [0, 0.1) is 5.92 Å². The van der Waals surface area contributed by atoms with Gasteiger partial charge in [0.1, 0.15) is 6.61 Å². The van der Waals surface area contributed by atoms with E-state index in [9.17, 15) is 9.90 Å². The molecule has 26 heavy (non-hydrogen) atoms. The van der Waals surface area contributed by atoms with Crippen molar-refractivity contribution >= 4 is 23.3 Å². The first-order chi connectivity index (χ1) is 12.6. The van der Waals surface area contributed by atoms with Crippen molar-refractivity contribution in [1.29, 1.82) is 0 Å². The van der Waals surface area contributed by atoms with Crippen LogP contribution < -0.4 is 0 Å². The third kappa shape index (κ3) is 4.11. The number of rotatable bonds is 6. The van der Waals surface area contributed by atoms with Gasteiger partial charge in [0.05, 0.1) is 18.1 Å². The Morgan fingerprint density at radius 1 is 1.19 bits per heavy atom. The molecule has 3 rings (SSSR count). The molecule has 1 saturated heterocycles. The maximum Gasteiger partial charge on any atom is 0.266 e. The van der Waals surface area contributed by atoms with Crippen LogP contribution in [0.4, 0.5) is 0 Å². The molecule has 2 aromatic rings. The van der Waals surface area contributed by atoms with Gasteiger partial charge >= 0.3 is 0 Å². The first-order valence-corrected chi connectivity index (χ1v) is 9.25. The highest BCUT2D eigenvalue weighted by Gasteiger charge is 2.39. The average molecular weight is 369 g/mol. The van der Waals surface area contributed by atoms with E-state index in [4.69, 9.17) is 17.0 Å². The number of hydrogen-bond acceptors (Lipinski definition) is 4. The van der Waals surface area contributed by atoms with Gasteiger partial charge in [0.2, 0.25) is 5.91 Å². The van der Waals surface area contributed by atoms with Crippen LogP contribution in [-0.2, 0) is 16.0 Å². The largest absolute Gasteiger partial charge is 0.468 e. The summed E-state index contributed by atoms with van der Waals surface area (Å²) in [5, 5.41) is 10.7. The van der Waals surface area contributed by atoms with Gasteiger partial charge in [0.25, 0.3) is 5.17 Å². The number of ether oxygens (including phenoxy) is 1. The Hall–Kier alpha value is -2.24. The number of aliphatic hydroxyl groups is 1. The normalized spacial score (nSPS) is 19.1. The minimum absolute atomic E-state index is 0.186. The maximum absolute atomic E-state index is 13.0. The summed E-state index contributed by atoms with van der Waals surface area (Å²) < 4.78 is 5.47. The number of benzene rings is 2. The Bertz CT molecular complexity index is 750. The third-order valence-corrected chi connectivity index (χ3v) is 5.15. The highest BCUT2D eigenvalue weighted by molar-refractivity contribution is 7.80. The van der Waals surface area contributed by atoms with Crippen LogP contribution in [-0.4, -0.2) is 33.8 Å². The summed E-state index contributed by atoms with van der Waals surface area (Å²) in [6, 6.07) is 19.4. The van der Waals surface area contributed by atoms with E-state index in [2.05, 4.69) is 0 Å². The summed E-state index contributed by atoms with van der Waals surface area (Å²) in [5.74, 6) is -0.744. The Morgan fingerprint density at radius 3 is 2.46 bits per heavy atom. The lowest BCUT2D eigenvalue weighted by atomic mass is 9.95. The van der Waals surface area contributed by atoms with Crippen molar-refractivity contribution in [3.8, 4) is 0 Å². The predicted octanol–water partition coefficient (Wildman–Crippen LogP) is 3.50. The van der Waals surface area contributed by atoms with Gasteiger partial charge in [-0.05, 0) is 36.2 Å². The molecule has 1 aliphatic rings. The van der Waals surface area contributed by atoms with Crippen molar-refractivity contribution in [2.45, 2.75) is 31.9 Å². The van der Waals surface area contributed by atoms with Crippen LogP contribution in [0.5, 0.6) is 0 Å². The van der Waals surface area contributed by atoms with Gasteiger partial charge in [-0.2, -0.15) is 0 Å². The molecular formula is C21H23NO3S. The van der Waals surface area contributed by atoms with Crippen LogP contribution in [0.3, 0.4) is 0 Å². The van der Waals surface area contributed by atoms with Crippen molar-refractivity contribution in [1.82, 2.24) is 4.90 Å². The topological polar surface area (TPSA) is 49.8 Å². The summed E-state index contributed by atoms with van der Waals surface area (Å²) in [4.78, 5) is 14.5. The second-order valence-corrected chi connectivity index (χ2v) is 6.94. The fraction of sp³-hybridized carbons (Fsp3) is 0.333. The van der Waals surface area contributed by atoms with Crippen molar-refractivity contribution in [2.75, 3.05) is 6.61 Å². The minimum Gasteiger partial charge on any atom is -0.468 e. The van der Waals surface area contributed by atoms with E-state index in [-0.39, 0.29) is 17.1 Å². The monoisotopic (exact) mass is 369 g/mol. The summed E-state index contributed by atoms with van der Waals surface area (Å²) in [5.41, 5.74) is 2.13. The summed E-state index contributed by atoms with van der Waals surface area (Å²) in [6.45, 7) is 2.10. The van der Waals surface area contributed by atoms with Gasteiger partial charge in [0, 0.05) is 0 Å². The van der Waals surface area contributed by atoms with E-state index in [0.29, 0.717) is 13.0 Å². The van der Waals surface area contributed by atoms with Crippen LogP contribution >= 0.6 is 12.2 Å². The van der Waals surface area contributed by atoms with E-state index >= 15 is 0 Å². The molecule has 0 radical (unpaired) electrons. The zero-order valence-electron chi connectivity index (χ0n) is 14.7. The standard InChI is InChI=1S/C21H23NO3S/c1-15(19(23)13-12-16-8-4-2-5-9-16)20(24)22-18(14-25-21(22)26)17-10-6-3-7-11-17/h2-11,15,18-19,23H,12-14H2,1H3/t15-,18+,19+/m0/s1. The highest BCUT2D eigenvalue weighted by atomic mass is 32.1. The number of hydrogen-bond donors (Lipinski definition) is 1. The van der Waals surface area contributed by atoms with Crippen molar-refractivity contribution in [3.63, 3.8) is 0 Å². The second-order valence-electron chi connectivity index (χ2n) is 6.59. The molecule has 3 atom stereocenters. The lowest BCUT2D eigenvalue weighted by Crippen LogP contribution is -2.41. The Morgan fingerprint density at radius 2 is 1.81 bits per heavy atom. The quantitative estimate of drug-likeness (QED) is 0.792. The van der Waals surface area contributed by atoms with Gasteiger partial charge in [-0.25, -0.2) is 0 Å². The molecule has 0 saturated carbocycles. The van der Waals surface area contributed by atoms with Crippen molar-refractivity contribution < 1.29 is 14.6 Å². The molecule has 0 aliphatic carbocycles. The Labute approximate surface area is 159 Å². The van der Waals surface area contributed by atoms with Gasteiger partial charge in [-0.1, -0.05) is 67.6 Å². The van der Waals surface area contributed by atoms with E-state index in [1.807, 2.05) is 60.7 Å². The highest BCUT2D eigenvalue weighted by Crippen LogP contribution is 2.30. The molecule has 1 N–H and O–H groups in total. The van der Waals surface area contributed by atoms with Crippen molar-refractivity contribution in [2.24, 2.45) is 5.92 Å². The molecule has 136 valence electrons. The van der Waals surface area contributed by atoms with Gasteiger partial charge in [-0.15, -0.1) is 0 Å². The lowest BCUT2D eigenvalue weighted by Gasteiger charge is -2.27. The average Bonchev–Trinajstić information content (AvgIpc) is 3.08. The molecule has 1 amide bonds. The molecule has 0 bridgehead atoms. The van der Waals surface area contributed by atoms with E-state index in [1.165, 1.54) is 4.90 Å². The second kappa shape index (κ2) is 8.43. The van der Waals surface area contributed by atoms with Crippen LogP contribution in [0.1, 0.15) is 30.5 Å². The van der Waals surface area contributed by atoms with Crippen LogP contribution in [0.25, 0.3) is 0 Å². The number of carbonyl (C=O) groups excluding carboxylic acids is 1. The zero-order chi connectivity index (χ0) is 18.5. The number of carbonyl (C=O) groups is 1.